The van der Waals surface area contributed by atoms with Crippen LogP contribution in [0.25, 0.3) is 0 Å². The first-order chi connectivity index (χ1) is 14.2. The third-order valence-electron chi connectivity index (χ3n) is 5.20. The van der Waals surface area contributed by atoms with Crippen molar-refractivity contribution >= 4 is 23.7 Å². The molecule has 0 bridgehead atoms. The van der Waals surface area contributed by atoms with E-state index < -0.39 is 54.0 Å². The Labute approximate surface area is 184 Å². The van der Waals surface area contributed by atoms with Crippen molar-refractivity contribution in [3.05, 3.63) is 0 Å². The van der Waals surface area contributed by atoms with Gasteiger partial charge in [-0.25, -0.2) is 4.79 Å². The van der Waals surface area contributed by atoms with E-state index in [0.29, 0.717) is 6.42 Å². The Morgan fingerprint density at radius 3 is 1.71 bits per heavy atom. The fourth-order valence-electron chi connectivity index (χ4n) is 2.86. The van der Waals surface area contributed by atoms with Gasteiger partial charge < -0.3 is 31.9 Å². The van der Waals surface area contributed by atoms with Crippen LogP contribution in [0.2, 0.25) is 0 Å². The molecule has 31 heavy (non-hydrogen) atoms. The zero-order valence-corrected chi connectivity index (χ0v) is 19.6. The number of rotatable bonds is 13. The predicted octanol–water partition coefficient (Wildman–Crippen LogP) is -0.0183. The Balaban J connectivity index is 5.49. The molecule has 0 aromatic carbocycles. The summed E-state index contributed by atoms with van der Waals surface area (Å²) >= 11 is 0. The minimum absolute atomic E-state index is 0.0103. The molecule has 6 unspecified atom stereocenters. The molecule has 0 aromatic heterocycles. The lowest BCUT2D eigenvalue weighted by Crippen LogP contribution is -2.61. The molecule has 0 aliphatic rings. The van der Waals surface area contributed by atoms with Gasteiger partial charge in [0.2, 0.25) is 17.7 Å². The standard InChI is InChI=1S/C21H40N4O6/c1-8-12(6)16(24-18(27)15(22)11(4)5)19(28)25-17(13(7)26)20(29)23-14(21(30)31)9-10(2)3/h10-17,26H,8-9,22H2,1-7H3,(H,23,29)(H,24,27)(H,25,28)(H,30,31). The highest BCUT2D eigenvalue weighted by molar-refractivity contribution is 5.94. The third kappa shape index (κ3) is 9.65. The first kappa shape index (κ1) is 28.8. The van der Waals surface area contributed by atoms with Crippen molar-refractivity contribution in [1.82, 2.24) is 16.0 Å². The average molecular weight is 445 g/mol. The van der Waals surface area contributed by atoms with E-state index in [1.165, 1.54) is 6.92 Å². The van der Waals surface area contributed by atoms with Crippen LogP contribution >= 0.6 is 0 Å². The smallest absolute Gasteiger partial charge is 0.326 e. The fourth-order valence-corrected chi connectivity index (χ4v) is 2.86. The van der Waals surface area contributed by atoms with Crippen LogP contribution in [-0.4, -0.2) is 64.2 Å². The molecule has 6 atom stereocenters. The molecule has 0 heterocycles. The minimum Gasteiger partial charge on any atom is -0.480 e. The number of aliphatic hydroxyl groups is 1. The Hall–Kier alpha value is -2.20. The van der Waals surface area contributed by atoms with Crippen LogP contribution < -0.4 is 21.7 Å². The summed E-state index contributed by atoms with van der Waals surface area (Å²) in [5, 5.41) is 26.8. The maximum Gasteiger partial charge on any atom is 0.326 e. The van der Waals surface area contributed by atoms with Crippen molar-refractivity contribution in [2.45, 2.75) is 91.6 Å². The topological polar surface area (TPSA) is 171 Å². The van der Waals surface area contributed by atoms with Gasteiger partial charge in [-0.2, -0.15) is 0 Å². The number of hydrogen-bond donors (Lipinski definition) is 6. The first-order valence-electron chi connectivity index (χ1n) is 10.8. The number of carboxylic acid groups (broad SMARTS) is 1. The van der Waals surface area contributed by atoms with Gasteiger partial charge in [0.05, 0.1) is 12.1 Å². The summed E-state index contributed by atoms with van der Waals surface area (Å²) in [6.45, 7) is 12.1. The molecule has 0 aliphatic carbocycles. The number of carboxylic acids is 1. The van der Waals surface area contributed by atoms with E-state index in [0.717, 1.165) is 0 Å². The number of carbonyl (C=O) groups is 4. The predicted molar refractivity (Wildman–Crippen MR) is 117 cm³/mol. The van der Waals surface area contributed by atoms with Crippen LogP contribution in [0.1, 0.15) is 61.3 Å². The SMILES string of the molecule is CCC(C)C(NC(=O)C(N)C(C)C)C(=O)NC(C(=O)NC(CC(C)C)C(=O)O)C(C)O. The summed E-state index contributed by atoms with van der Waals surface area (Å²) in [6.07, 6.45) is -0.528. The lowest BCUT2D eigenvalue weighted by Gasteiger charge is -2.29. The number of aliphatic hydroxyl groups excluding tert-OH is 1. The number of nitrogens with two attached hydrogens (primary N) is 1. The highest BCUT2D eigenvalue weighted by atomic mass is 16.4. The van der Waals surface area contributed by atoms with Gasteiger partial charge in [-0.05, 0) is 31.1 Å². The quantitative estimate of drug-likeness (QED) is 0.232. The van der Waals surface area contributed by atoms with Crippen LogP contribution in [0.15, 0.2) is 0 Å². The molecule has 180 valence electrons. The molecule has 0 saturated carbocycles. The van der Waals surface area contributed by atoms with Gasteiger partial charge in [0.15, 0.2) is 0 Å². The van der Waals surface area contributed by atoms with Gasteiger partial charge in [-0.15, -0.1) is 0 Å². The first-order valence-corrected chi connectivity index (χ1v) is 10.8. The van der Waals surface area contributed by atoms with Gasteiger partial charge in [-0.3, -0.25) is 14.4 Å². The molecular weight excluding hydrogens is 404 g/mol. The summed E-state index contributed by atoms with van der Waals surface area (Å²) in [7, 11) is 0. The van der Waals surface area contributed by atoms with Crippen molar-refractivity contribution in [2.24, 2.45) is 23.5 Å². The lowest BCUT2D eigenvalue weighted by molar-refractivity contribution is -0.143. The van der Waals surface area contributed by atoms with Gasteiger partial charge in [-0.1, -0.05) is 48.0 Å². The van der Waals surface area contributed by atoms with Crippen LogP contribution in [0.4, 0.5) is 0 Å². The van der Waals surface area contributed by atoms with Gasteiger partial charge in [0.1, 0.15) is 18.1 Å². The minimum atomic E-state index is -1.39. The van der Waals surface area contributed by atoms with E-state index in [1.807, 2.05) is 20.8 Å². The van der Waals surface area contributed by atoms with Crippen LogP contribution in [0, 0.1) is 17.8 Å². The molecule has 0 aromatic rings. The Morgan fingerprint density at radius 1 is 0.839 bits per heavy atom. The summed E-state index contributed by atoms with van der Waals surface area (Å²) in [4.78, 5) is 49.4. The second-order valence-corrected chi connectivity index (χ2v) is 8.90. The Morgan fingerprint density at radius 2 is 1.32 bits per heavy atom. The van der Waals surface area contributed by atoms with Crippen LogP contribution in [0.5, 0.6) is 0 Å². The highest BCUT2D eigenvalue weighted by Crippen LogP contribution is 2.11. The summed E-state index contributed by atoms with van der Waals surface area (Å²) in [6, 6.07) is -4.31. The van der Waals surface area contributed by atoms with E-state index in [2.05, 4.69) is 16.0 Å². The second-order valence-electron chi connectivity index (χ2n) is 8.90. The van der Waals surface area contributed by atoms with Crippen molar-refractivity contribution < 1.29 is 29.4 Å². The molecule has 0 spiro atoms. The summed E-state index contributed by atoms with van der Waals surface area (Å²) in [5.74, 6) is -3.56. The molecule has 0 radical (unpaired) electrons. The van der Waals surface area contributed by atoms with Gasteiger partial charge in [0.25, 0.3) is 0 Å². The molecule has 0 fully saturated rings. The molecule has 10 heteroatoms. The largest absolute Gasteiger partial charge is 0.480 e. The van der Waals surface area contributed by atoms with E-state index in [9.17, 15) is 29.4 Å². The molecule has 0 saturated heterocycles. The van der Waals surface area contributed by atoms with E-state index in [4.69, 9.17) is 5.73 Å². The monoisotopic (exact) mass is 444 g/mol. The Bertz CT molecular complexity index is 623. The maximum absolute atomic E-state index is 12.9. The van der Waals surface area contributed by atoms with Gasteiger partial charge >= 0.3 is 5.97 Å². The second kappa shape index (κ2) is 13.3. The average Bonchev–Trinajstić information content (AvgIpc) is 2.66. The van der Waals surface area contributed by atoms with E-state index in [1.54, 1.807) is 20.8 Å². The summed E-state index contributed by atoms with van der Waals surface area (Å²) < 4.78 is 0. The molecule has 7 N–H and O–H groups in total. The third-order valence-corrected chi connectivity index (χ3v) is 5.20. The van der Waals surface area contributed by atoms with Crippen molar-refractivity contribution in [3.8, 4) is 0 Å². The van der Waals surface area contributed by atoms with Crippen LogP contribution in [0.3, 0.4) is 0 Å². The van der Waals surface area contributed by atoms with Crippen molar-refractivity contribution in [2.75, 3.05) is 0 Å². The summed E-state index contributed by atoms with van der Waals surface area (Å²) in [5.41, 5.74) is 5.87. The molecular formula is C21H40N4O6. The Kier molecular flexibility index (Phi) is 12.3. The molecule has 0 rings (SSSR count). The number of hydrogen-bond acceptors (Lipinski definition) is 6. The number of aliphatic carboxylic acids is 1. The normalized spacial score (nSPS) is 17.3. The van der Waals surface area contributed by atoms with Crippen LogP contribution in [-0.2, 0) is 19.2 Å². The number of nitrogens with one attached hydrogen (secondary N) is 3. The maximum atomic E-state index is 12.9. The lowest BCUT2D eigenvalue weighted by atomic mass is 9.96. The zero-order valence-electron chi connectivity index (χ0n) is 19.6. The molecule has 3 amide bonds. The number of carbonyl (C=O) groups excluding carboxylic acids is 3. The highest BCUT2D eigenvalue weighted by Gasteiger charge is 2.34. The van der Waals surface area contributed by atoms with Crippen molar-refractivity contribution in [3.63, 3.8) is 0 Å². The molecule has 10 nitrogen and oxygen atoms in total. The van der Waals surface area contributed by atoms with E-state index >= 15 is 0 Å². The molecule has 0 aliphatic heterocycles. The van der Waals surface area contributed by atoms with Gasteiger partial charge in [0, 0.05) is 0 Å². The fraction of sp³-hybridized carbons (Fsp3) is 0.810. The van der Waals surface area contributed by atoms with Crippen molar-refractivity contribution in [1.29, 1.82) is 0 Å². The number of amides is 3. The zero-order chi connectivity index (χ0) is 24.5. The van der Waals surface area contributed by atoms with E-state index in [-0.39, 0.29) is 24.2 Å².